The van der Waals surface area contributed by atoms with Crippen LogP contribution in [0.5, 0.6) is 5.75 Å². The highest BCUT2D eigenvalue weighted by atomic mass is 16.5. The van der Waals surface area contributed by atoms with Gasteiger partial charge in [0.1, 0.15) is 5.75 Å². The second kappa shape index (κ2) is 6.10. The Balaban J connectivity index is 1.91. The zero-order chi connectivity index (χ0) is 12.8. The Morgan fingerprint density at radius 3 is 2.28 bits per heavy atom. The number of anilines is 1. The van der Waals surface area contributed by atoms with Gasteiger partial charge in [0.25, 0.3) is 0 Å². The van der Waals surface area contributed by atoms with Crippen LogP contribution >= 0.6 is 0 Å². The molecule has 1 N–H and O–H groups in total. The van der Waals surface area contributed by atoms with E-state index in [9.17, 15) is 0 Å². The maximum absolute atomic E-state index is 5.14. The summed E-state index contributed by atoms with van der Waals surface area (Å²) in [5, 5.41) is 3.44. The molecule has 2 nitrogen and oxygen atoms in total. The van der Waals surface area contributed by atoms with E-state index in [1.807, 2.05) is 30.3 Å². The zero-order valence-corrected chi connectivity index (χ0v) is 10.9. The van der Waals surface area contributed by atoms with Crippen LogP contribution in [0, 0.1) is 0 Å². The summed E-state index contributed by atoms with van der Waals surface area (Å²) in [4.78, 5) is 0. The third-order valence-electron chi connectivity index (χ3n) is 3.07. The summed E-state index contributed by atoms with van der Waals surface area (Å²) in [5.41, 5.74) is 2.48. The highest BCUT2D eigenvalue weighted by molar-refractivity contribution is 5.46. The first-order chi connectivity index (χ1) is 8.79. The van der Waals surface area contributed by atoms with Crippen LogP contribution in [0.1, 0.15) is 18.4 Å². The molecule has 18 heavy (non-hydrogen) atoms. The van der Waals surface area contributed by atoms with Crippen molar-refractivity contribution in [2.24, 2.45) is 0 Å². The van der Waals surface area contributed by atoms with Crippen molar-refractivity contribution in [2.75, 3.05) is 19.0 Å². The summed E-state index contributed by atoms with van der Waals surface area (Å²) in [5.74, 6) is 1.38. The molecule has 0 aliphatic heterocycles. The van der Waals surface area contributed by atoms with E-state index in [2.05, 4.69) is 36.5 Å². The molecule has 0 aliphatic carbocycles. The minimum atomic E-state index is 0.494. The first-order valence-electron chi connectivity index (χ1n) is 6.22. The van der Waals surface area contributed by atoms with Crippen molar-refractivity contribution in [2.45, 2.75) is 12.8 Å². The van der Waals surface area contributed by atoms with Gasteiger partial charge in [-0.15, -0.1) is 0 Å². The maximum Gasteiger partial charge on any atom is 0.119 e. The van der Waals surface area contributed by atoms with Gasteiger partial charge in [-0.05, 0) is 35.7 Å². The number of benzene rings is 2. The van der Waals surface area contributed by atoms with Gasteiger partial charge >= 0.3 is 0 Å². The Kier molecular flexibility index (Phi) is 4.24. The molecule has 0 bridgehead atoms. The highest BCUT2D eigenvalue weighted by Crippen LogP contribution is 2.18. The number of rotatable bonds is 5. The predicted molar refractivity (Wildman–Crippen MR) is 76.3 cm³/mol. The molecule has 0 saturated carbocycles. The van der Waals surface area contributed by atoms with Crippen LogP contribution in [-0.2, 0) is 0 Å². The van der Waals surface area contributed by atoms with E-state index in [-0.39, 0.29) is 0 Å². The summed E-state index contributed by atoms with van der Waals surface area (Å²) >= 11 is 0. The molecule has 94 valence electrons. The summed E-state index contributed by atoms with van der Waals surface area (Å²) in [6, 6.07) is 18.6. The van der Waals surface area contributed by atoms with Crippen LogP contribution in [0.2, 0.25) is 0 Å². The number of methoxy groups -OCH3 is 1. The number of nitrogens with one attached hydrogen (secondary N) is 1. The largest absolute Gasteiger partial charge is 0.497 e. The molecule has 1 atom stereocenters. The van der Waals surface area contributed by atoms with Gasteiger partial charge in [0.2, 0.25) is 0 Å². The normalized spacial score (nSPS) is 11.9. The van der Waals surface area contributed by atoms with E-state index in [4.69, 9.17) is 4.74 Å². The fraction of sp³-hybridized carbons (Fsp3) is 0.250. The van der Waals surface area contributed by atoms with Gasteiger partial charge in [0, 0.05) is 12.2 Å². The molecule has 0 aromatic heterocycles. The molecule has 2 aromatic carbocycles. The van der Waals surface area contributed by atoms with Crippen molar-refractivity contribution < 1.29 is 4.74 Å². The van der Waals surface area contributed by atoms with E-state index in [0.717, 1.165) is 18.0 Å². The highest BCUT2D eigenvalue weighted by Gasteiger charge is 2.04. The molecule has 0 radical (unpaired) electrons. The molecule has 1 unspecified atom stereocenters. The Morgan fingerprint density at radius 1 is 1.00 bits per heavy atom. The molecule has 0 amide bonds. The third kappa shape index (κ3) is 3.27. The fourth-order valence-electron chi connectivity index (χ4n) is 1.88. The van der Waals surface area contributed by atoms with Gasteiger partial charge in [-0.2, -0.15) is 0 Å². The molecule has 2 rings (SSSR count). The molecule has 0 aliphatic rings. The van der Waals surface area contributed by atoms with Gasteiger partial charge in [-0.1, -0.05) is 37.3 Å². The van der Waals surface area contributed by atoms with Crippen LogP contribution in [0.15, 0.2) is 54.6 Å². The second-order valence-electron chi connectivity index (χ2n) is 4.42. The number of ether oxygens (including phenoxy) is 1. The van der Waals surface area contributed by atoms with E-state index < -0.39 is 0 Å². The van der Waals surface area contributed by atoms with Gasteiger partial charge in [-0.3, -0.25) is 0 Å². The van der Waals surface area contributed by atoms with Gasteiger partial charge in [0.05, 0.1) is 7.11 Å². The molecular weight excluding hydrogens is 222 g/mol. The average Bonchev–Trinajstić information content (AvgIpc) is 2.46. The van der Waals surface area contributed by atoms with Crippen LogP contribution in [0.25, 0.3) is 0 Å². The van der Waals surface area contributed by atoms with E-state index in [1.54, 1.807) is 7.11 Å². The third-order valence-corrected chi connectivity index (χ3v) is 3.07. The molecule has 2 heteroatoms. The van der Waals surface area contributed by atoms with Crippen LogP contribution in [0.4, 0.5) is 5.69 Å². The van der Waals surface area contributed by atoms with Gasteiger partial charge < -0.3 is 10.1 Å². The van der Waals surface area contributed by atoms with Crippen LogP contribution in [-0.4, -0.2) is 13.7 Å². The monoisotopic (exact) mass is 241 g/mol. The van der Waals surface area contributed by atoms with E-state index in [0.29, 0.717) is 5.92 Å². The summed E-state index contributed by atoms with van der Waals surface area (Å²) in [6.45, 7) is 3.15. The molecule has 0 saturated heterocycles. The first-order valence-corrected chi connectivity index (χ1v) is 6.22. The Hall–Kier alpha value is -1.96. The second-order valence-corrected chi connectivity index (χ2v) is 4.42. The van der Waals surface area contributed by atoms with Crippen LogP contribution < -0.4 is 10.1 Å². The molecule has 0 fully saturated rings. The van der Waals surface area contributed by atoms with Crippen molar-refractivity contribution in [3.63, 3.8) is 0 Å². The predicted octanol–water partition coefficient (Wildman–Crippen LogP) is 3.91. The van der Waals surface area contributed by atoms with Crippen LogP contribution in [0.3, 0.4) is 0 Å². The lowest BCUT2D eigenvalue weighted by molar-refractivity contribution is 0.415. The average molecular weight is 241 g/mol. The van der Waals surface area contributed by atoms with E-state index in [1.165, 1.54) is 5.56 Å². The number of hydrogen-bond donors (Lipinski definition) is 1. The van der Waals surface area contributed by atoms with Gasteiger partial charge in [0.15, 0.2) is 0 Å². The van der Waals surface area contributed by atoms with Crippen molar-refractivity contribution in [3.8, 4) is 5.75 Å². The lowest BCUT2D eigenvalue weighted by atomic mass is 10.0. The number of hydrogen-bond acceptors (Lipinski definition) is 2. The minimum Gasteiger partial charge on any atom is -0.497 e. The first kappa shape index (κ1) is 12.5. The summed E-state index contributed by atoms with van der Waals surface area (Å²) in [7, 11) is 1.68. The standard InChI is InChI=1S/C16H19NO/c1-13(14-6-4-3-5-7-14)12-17-15-8-10-16(18-2)11-9-15/h3-11,13,17H,12H2,1-2H3. The Bertz CT molecular complexity index is 464. The minimum absolute atomic E-state index is 0.494. The lowest BCUT2D eigenvalue weighted by Crippen LogP contribution is -2.09. The van der Waals surface area contributed by atoms with Crippen molar-refractivity contribution in [3.05, 3.63) is 60.2 Å². The van der Waals surface area contributed by atoms with Crippen molar-refractivity contribution in [1.29, 1.82) is 0 Å². The maximum atomic E-state index is 5.14. The summed E-state index contributed by atoms with van der Waals surface area (Å²) in [6.07, 6.45) is 0. The molecule has 2 aromatic rings. The Labute approximate surface area is 109 Å². The van der Waals surface area contributed by atoms with Crippen molar-refractivity contribution in [1.82, 2.24) is 0 Å². The fourth-order valence-corrected chi connectivity index (χ4v) is 1.88. The smallest absolute Gasteiger partial charge is 0.119 e. The SMILES string of the molecule is COc1ccc(NCC(C)c2ccccc2)cc1. The molecular formula is C16H19NO. The summed E-state index contributed by atoms with van der Waals surface area (Å²) < 4.78 is 5.14. The molecule has 0 heterocycles. The lowest BCUT2D eigenvalue weighted by Gasteiger charge is -2.14. The zero-order valence-electron chi connectivity index (χ0n) is 10.9. The van der Waals surface area contributed by atoms with Crippen molar-refractivity contribution >= 4 is 5.69 Å². The topological polar surface area (TPSA) is 21.3 Å². The Morgan fingerprint density at radius 2 is 1.67 bits per heavy atom. The van der Waals surface area contributed by atoms with E-state index >= 15 is 0 Å². The quantitative estimate of drug-likeness (QED) is 0.857. The molecule has 0 spiro atoms. The van der Waals surface area contributed by atoms with Gasteiger partial charge in [-0.25, -0.2) is 0 Å².